The Kier molecular flexibility index (Phi) is 6.51. The summed E-state index contributed by atoms with van der Waals surface area (Å²) in [6.45, 7) is 1.86. The van der Waals surface area contributed by atoms with Gasteiger partial charge < -0.3 is 14.4 Å². The van der Waals surface area contributed by atoms with E-state index >= 15 is 0 Å². The zero-order valence-electron chi connectivity index (χ0n) is 17.5. The lowest BCUT2D eigenvalue weighted by Gasteiger charge is -2.31. The number of methoxy groups -OCH3 is 1. The molecule has 156 valence electrons. The van der Waals surface area contributed by atoms with Crippen molar-refractivity contribution in [2.45, 2.75) is 13.0 Å². The zero-order valence-corrected chi connectivity index (χ0v) is 17.5. The van der Waals surface area contributed by atoms with E-state index in [0.717, 1.165) is 11.1 Å². The summed E-state index contributed by atoms with van der Waals surface area (Å²) in [6.07, 6.45) is 0. The third-order valence-corrected chi connectivity index (χ3v) is 4.83. The summed E-state index contributed by atoms with van der Waals surface area (Å²) in [5.74, 6) is -0.511. The number of carbonyl (C=O) groups is 1. The van der Waals surface area contributed by atoms with Crippen molar-refractivity contribution in [3.63, 3.8) is 0 Å². The van der Waals surface area contributed by atoms with Crippen LogP contribution in [0.25, 0.3) is 0 Å². The Hall–Kier alpha value is -3.61. The molecule has 0 aliphatic rings. The monoisotopic (exact) mass is 407 g/mol. The predicted molar refractivity (Wildman–Crippen MR) is 115 cm³/mol. The first-order valence-electron chi connectivity index (χ1n) is 9.64. The fourth-order valence-corrected chi connectivity index (χ4v) is 3.43. The smallest absolute Gasteiger partial charge is 0.361 e. The number of hydrogen-bond acceptors (Lipinski definition) is 6. The van der Waals surface area contributed by atoms with Crippen molar-refractivity contribution in [1.29, 1.82) is 0 Å². The van der Waals surface area contributed by atoms with Crippen LogP contribution in [0.2, 0.25) is 0 Å². The summed E-state index contributed by atoms with van der Waals surface area (Å²) in [6, 6.07) is 19.6. The summed E-state index contributed by atoms with van der Waals surface area (Å²) in [7, 11) is 4.78. The lowest BCUT2D eigenvalue weighted by Crippen LogP contribution is -2.34. The molecule has 0 atom stereocenters. The summed E-state index contributed by atoms with van der Waals surface area (Å²) in [5, 5.41) is 0. The molecule has 0 saturated carbocycles. The van der Waals surface area contributed by atoms with E-state index in [2.05, 4.69) is 4.98 Å². The second kappa shape index (κ2) is 9.26. The highest BCUT2D eigenvalue weighted by Crippen LogP contribution is 2.31. The maximum Gasteiger partial charge on any atom is 0.361 e. The molecule has 0 fully saturated rings. The second-order valence-corrected chi connectivity index (χ2v) is 6.71. The molecule has 0 unspecified atom stereocenters. The minimum Gasteiger partial charge on any atom is -0.489 e. The number of ether oxygens (including phenoxy) is 2. The normalized spacial score (nSPS) is 10.7. The Bertz CT molecular complexity index is 1030. The molecule has 7 nitrogen and oxygen atoms in total. The SMILES string of the molecule is CCOC(=O)c1nc(N(C)C(c2ccccc2)c2ccccc2)n(C)c(=O)c1OC. The van der Waals surface area contributed by atoms with Crippen LogP contribution in [-0.2, 0) is 11.8 Å². The van der Waals surface area contributed by atoms with Crippen LogP contribution in [-0.4, -0.2) is 36.3 Å². The molecule has 2 aromatic carbocycles. The maximum atomic E-state index is 12.9. The van der Waals surface area contributed by atoms with E-state index in [4.69, 9.17) is 9.47 Å². The number of hydrogen-bond donors (Lipinski definition) is 0. The van der Waals surface area contributed by atoms with E-state index in [1.165, 1.54) is 11.7 Å². The Labute approximate surface area is 175 Å². The molecular weight excluding hydrogens is 382 g/mol. The van der Waals surface area contributed by atoms with Crippen molar-refractivity contribution in [3.8, 4) is 5.75 Å². The van der Waals surface area contributed by atoms with Crippen molar-refractivity contribution in [3.05, 3.63) is 87.8 Å². The number of aromatic nitrogens is 2. The van der Waals surface area contributed by atoms with Crippen LogP contribution < -0.4 is 15.2 Å². The lowest BCUT2D eigenvalue weighted by atomic mass is 9.98. The highest BCUT2D eigenvalue weighted by atomic mass is 16.5. The average Bonchev–Trinajstić information content (AvgIpc) is 2.77. The van der Waals surface area contributed by atoms with Crippen LogP contribution in [0.4, 0.5) is 5.95 Å². The van der Waals surface area contributed by atoms with E-state index in [9.17, 15) is 9.59 Å². The van der Waals surface area contributed by atoms with Crippen molar-refractivity contribution in [1.82, 2.24) is 9.55 Å². The van der Waals surface area contributed by atoms with Crippen molar-refractivity contribution >= 4 is 11.9 Å². The molecule has 0 saturated heterocycles. The molecule has 0 bridgehead atoms. The maximum absolute atomic E-state index is 12.9. The number of rotatable bonds is 7. The van der Waals surface area contributed by atoms with Crippen LogP contribution in [0.15, 0.2) is 65.5 Å². The summed E-state index contributed by atoms with van der Waals surface area (Å²) < 4.78 is 11.6. The number of benzene rings is 2. The van der Waals surface area contributed by atoms with Crippen LogP contribution >= 0.6 is 0 Å². The lowest BCUT2D eigenvalue weighted by molar-refractivity contribution is 0.0514. The number of carbonyl (C=O) groups excluding carboxylic acids is 1. The van der Waals surface area contributed by atoms with Gasteiger partial charge in [0.1, 0.15) is 0 Å². The highest BCUT2D eigenvalue weighted by Gasteiger charge is 2.27. The summed E-state index contributed by atoms with van der Waals surface area (Å²) >= 11 is 0. The first kappa shape index (κ1) is 21.1. The van der Waals surface area contributed by atoms with E-state index in [-0.39, 0.29) is 24.1 Å². The molecule has 0 aliphatic carbocycles. The molecular formula is C23H25N3O4. The number of nitrogens with zero attached hydrogens (tertiary/aromatic N) is 3. The Morgan fingerprint density at radius 2 is 1.60 bits per heavy atom. The van der Waals surface area contributed by atoms with Crippen LogP contribution in [0.3, 0.4) is 0 Å². The van der Waals surface area contributed by atoms with Crippen LogP contribution in [0.1, 0.15) is 34.6 Å². The van der Waals surface area contributed by atoms with E-state index in [1.54, 1.807) is 14.0 Å². The first-order valence-corrected chi connectivity index (χ1v) is 9.64. The molecule has 0 spiro atoms. The van der Waals surface area contributed by atoms with Gasteiger partial charge in [-0.2, -0.15) is 0 Å². The largest absolute Gasteiger partial charge is 0.489 e. The summed E-state index contributed by atoms with van der Waals surface area (Å²) in [5.41, 5.74) is 1.45. The Morgan fingerprint density at radius 1 is 1.07 bits per heavy atom. The van der Waals surface area contributed by atoms with E-state index in [1.807, 2.05) is 72.6 Å². The van der Waals surface area contributed by atoms with Gasteiger partial charge in [0.25, 0.3) is 5.56 Å². The molecule has 0 amide bonds. The fourth-order valence-electron chi connectivity index (χ4n) is 3.43. The number of anilines is 1. The van der Waals surface area contributed by atoms with Gasteiger partial charge in [-0.25, -0.2) is 9.78 Å². The van der Waals surface area contributed by atoms with Gasteiger partial charge in [-0.1, -0.05) is 60.7 Å². The molecule has 7 heteroatoms. The Morgan fingerprint density at radius 3 is 2.07 bits per heavy atom. The zero-order chi connectivity index (χ0) is 21.7. The molecule has 0 aliphatic heterocycles. The van der Waals surface area contributed by atoms with Crippen LogP contribution in [0.5, 0.6) is 5.75 Å². The van der Waals surface area contributed by atoms with Gasteiger partial charge in [0.05, 0.1) is 19.8 Å². The van der Waals surface area contributed by atoms with Gasteiger partial charge in [0, 0.05) is 14.1 Å². The molecule has 3 aromatic rings. The predicted octanol–water partition coefficient (Wildman–Crippen LogP) is 3.19. The first-order chi connectivity index (χ1) is 14.5. The fraction of sp³-hybridized carbons (Fsp3) is 0.261. The third-order valence-electron chi connectivity index (χ3n) is 4.83. The molecule has 0 radical (unpaired) electrons. The Balaban J connectivity index is 2.19. The van der Waals surface area contributed by atoms with Gasteiger partial charge in [0.2, 0.25) is 11.7 Å². The minimum atomic E-state index is -0.697. The molecule has 3 rings (SSSR count). The average molecular weight is 407 g/mol. The van der Waals surface area contributed by atoms with Crippen molar-refractivity contribution in [2.75, 3.05) is 25.7 Å². The van der Waals surface area contributed by atoms with E-state index < -0.39 is 11.5 Å². The number of esters is 1. The van der Waals surface area contributed by atoms with E-state index in [0.29, 0.717) is 5.95 Å². The van der Waals surface area contributed by atoms with Gasteiger partial charge in [-0.3, -0.25) is 9.36 Å². The molecule has 1 aromatic heterocycles. The highest BCUT2D eigenvalue weighted by molar-refractivity contribution is 5.90. The topological polar surface area (TPSA) is 73.7 Å². The molecule has 1 heterocycles. The molecule has 30 heavy (non-hydrogen) atoms. The van der Waals surface area contributed by atoms with Crippen LogP contribution in [0, 0.1) is 0 Å². The van der Waals surface area contributed by atoms with Gasteiger partial charge in [-0.15, -0.1) is 0 Å². The second-order valence-electron chi connectivity index (χ2n) is 6.71. The summed E-state index contributed by atoms with van der Waals surface area (Å²) in [4.78, 5) is 31.7. The van der Waals surface area contributed by atoms with Crippen molar-refractivity contribution < 1.29 is 14.3 Å². The van der Waals surface area contributed by atoms with Gasteiger partial charge >= 0.3 is 5.97 Å². The van der Waals surface area contributed by atoms with Gasteiger partial charge in [-0.05, 0) is 18.1 Å². The third kappa shape index (κ3) is 4.05. The van der Waals surface area contributed by atoms with Crippen molar-refractivity contribution in [2.24, 2.45) is 7.05 Å². The molecule has 0 N–H and O–H groups in total. The minimum absolute atomic E-state index is 0.135. The quantitative estimate of drug-likeness (QED) is 0.560. The van der Waals surface area contributed by atoms with Gasteiger partial charge in [0.15, 0.2) is 5.69 Å². The standard InChI is InChI=1S/C23H25N3O4/c1-5-30-22(28)18-20(29-4)21(27)26(3)23(24-18)25(2)19(16-12-8-6-9-13-16)17-14-10-7-11-15-17/h6-15,19H,5H2,1-4H3.